The van der Waals surface area contributed by atoms with Gasteiger partial charge in [-0.25, -0.2) is 0 Å². The average molecular weight is 355 g/mol. The third kappa shape index (κ3) is 5.72. The molecule has 0 aliphatic rings. The van der Waals surface area contributed by atoms with Crippen LogP contribution in [-0.4, -0.2) is 25.6 Å². The molecule has 0 bridgehead atoms. The van der Waals surface area contributed by atoms with E-state index >= 15 is 0 Å². The van der Waals surface area contributed by atoms with E-state index in [4.69, 9.17) is 7.85 Å². The van der Waals surface area contributed by atoms with Crippen molar-refractivity contribution in [2.75, 3.05) is 0 Å². The fourth-order valence-electron chi connectivity index (χ4n) is 3.93. The number of ketones is 1. The number of Topliss-reactive ketones (excluding diaryl/α,β-unsaturated/α-hetero) is 1. The number of amides is 1. The molecule has 0 heterocycles. The molecule has 1 aromatic carbocycles. The van der Waals surface area contributed by atoms with Crippen LogP contribution in [0, 0.1) is 0 Å². The number of rotatable bonds is 9. The lowest BCUT2D eigenvalue weighted by Crippen LogP contribution is -2.43. The quantitative estimate of drug-likeness (QED) is 0.524. The van der Waals surface area contributed by atoms with Crippen molar-refractivity contribution < 1.29 is 9.59 Å². The molecule has 1 atom stereocenters. The summed E-state index contributed by atoms with van der Waals surface area (Å²) in [4.78, 5) is 22.6. The number of nitrogens with one attached hydrogen (secondary N) is 1. The Morgan fingerprint density at radius 2 is 1.31 bits per heavy atom. The van der Waals surface area contributed by atoms with Crippen molar-refractivity contribution in [3.05, 3.63) is 35.4 Å². The zero-order valence-electron chi connectivity index (χ0n) is 17.7. The molecule has 142 valence electrons. The number of carbonyl (C=O) groups excluding carboxylic acids is 2. The van der Waals surface area contributed by atoms with Crippen LogP contribution in [0.3, 0.4) is 0 Å². The van der Waals surface area contributed by atoms with Gasteiger partial charge >= 0.3 is 0 Å². The third-order valence-electron chi connectivity index (χ3n) is 5.39. The first-order chi connectivity index (χ1) is 11.6. The highest BCUT2D eigenvalue weighted by atomic mass is 16.1. The summed E-state index contributed by atoms with van der Waals surface area (Å²) in [6.45, 7) is 16.0. The highest BCUT2D eigenvalue weighted by Gasteiger charge is 2.34. The Morgan fingerprint density at radius 3 is 1.65 bits per heavy atom. The van der Waals surface area contributed by atoms with Crippen LogP contribution in [0.1, 0.15) is 79.4 Å². The second-order valence-corrected chi connectivity index (χ2v) is 9.82. The van der Waals surface area contributed by atoms with Crippen LogP contribution in [0.5, 0.6) is 0 Å². The highest BCUT2D eigenvalue weighted by molar-refractivity contribution is 6.27. The van der Waals surface area contributed by atoms with Gasteiger partial charge in [-0.2, -0.15) is 0 Å². The lowest BCUT2D eigenvalue weighted by atomic mass is 9.59. The van der Waals surface area contributed by atoms with Gasteiger partial charge in [-0.15, -0.1) is 0 Å². The normalized spacial score (nSPS) is 15.2. The fraction of sp³-hybridized carbons (Fsp3) is 0.636. The first kappa shape index (κ1) is 22.5. The van der Waals surface area contributed by atoms with Crippen molar-refractivity contribution in [1.82, 2.24) is 5.32 Å². The summed E-state index contributed by atoms with van der Waals surface area (Å²) >= 11 is 0. The topological polar surface area (TPSA) is 46.2 Å². The highest BCUT2D eigenvalue weighted by Crippen LogP contribution is 2.40. The second kappa shape index (κ2) is 7.58. The number of hydrogen-bond donors (Lipinski definition) is 1. The predicted molar refractivity (Wildman–Crippen MR) is 110 cm³/mol. The van der Waals surface area contributed by atoms with E-state index in [1.54, 1.807) is 13.8 Å². The summed E-state index contributed by atoms with van der Waals surface area (Å²) in [5.41, 5.74) is 1.84. The van der Waals surface area contributed by atoms with Crippen LogP contribution in [0.25, 0.3) is 0 Å². The molecule has 0 fully saturated rings. The van der Waals surface area contributed by atoms with Crippen molar-refractivity contribution in [3.8, 4) is 0 Å². The summed E-state index contributed by atoms with van der Waals surface area (Å²) in [5.74, 6) is 0.00763. The van der Waals surface area contributed by atoms with Gasteiger partial charge in [0.25, 0.3) is 0 Å². The summed E-state index contributed by atoms with van der Waals surface area (Å²) in [6, 6.07) is 8.56. The average Bonchev–Trinajstić information content (AvgIpc) is 2.44. The van der Waals surface area contributed by atoms with Crippen molar-refractivity contribution >= 4 is 20.0 Å². The van der Waals surface area contributed by atoms with Gasteiger partial charge in [-0.1, -0.05) is 58.9 Å². The monoisotopic (exact) mass is 355 g/mol. The first-order valence-electron chi connectivity index (χ1n) is 9.25. The minimum atomic E-state index is -0.827. The summed E-state index contributed by atoms with van der Waals surface area (Å²) in [6.07, 6.45) is 2.18. The molecule has 1 aromatic rings. The zero-order chi connectivity index (χ0) is 20.4. The smallest absolute Gasteiger partial charge is 0.207 e. The van der Waals surface area contributed by atoms with Gasteiger partial charge in [0.2, 0.25) is 6.41 Å². The lowest BCUT2D eigenvalue weighted by Gasteiger charge is -2.36. The Labute approximate surface area is 160 Å². The van der Waals surface area contributed by atoms with Gasteiger partial charge in [-0.05, 0) is 60.9 Å². The molecule has 0 saturated carbocycles. The van der Waals surface area contributed by atoms with Crippen molar-refractivity contribution in [1.29, 1.82) is 0 Å². The molecular formula is C22H34BNO2. The molecule has 1 unspecified atom stereocenters. The Kier molecular flexibility index (Phi) is 6.55. The SMILES string of the molecule is [B]C(C)(CC(C)(C)c1ccc(C(C)(C)CC(C)(C)NC=O)cc1)C(C)=O. The number of benzene rings is 1. The maximum absolute atomic E-state index is 11.8. The second-order valence-electron chi connectivity index (χ2n) is 9.82. The maximum Gasteiger partial charge on any atom is 0.207 e. The van der Waals surface area contributed by atoms with Crippen LogP contribution >= 0.6 is 0 Å². The molecule has 0 aromatic heterocycles. The molecule has 2 radical (unpaired) electrons. The van der Waals surface area contributed by atoms with E-state index in [9.17, 15) is 9.59 Å². The van der Waals surface area contributed by atoms with Crippen LogP contribution in [0.2, 0.25) is 5.31 Å². The minimum Gasteiger partial charge on any atom is -0.354 e. The van der Waals surface area contributed by atoms with Crippen LogP contribution in [0.15, 0.2) is 24.3 Å². The number of hydrogen-bond acceptors (Lipinski definition) is 2. The van der Waals surface area contributed by atoms with E-state index in [0.29, 0.717) is 6.42 Å². The lowest BCUT2D eigenvalue weighted by molar-refractivity contribution is -0.120. The van der Waals surface area contributed by atoms with Gasteiger partial charge in [0.15, 0.2) is 0 Å². The van der Waals surface area contributed by atoms with Crippen molar-refractivity contribution in [2.45, 2.75) is 89.9 Å². The van der Waals surface area contributed by atoms with Gasteiger partial charge in [-0.3, -0.25) is 4.79 Å². The largest absolute Gasteiger partial charge is 0.354 e. The van der Waals surface area contributed by atoms with Crippen molar-refractivity contribution in [3.63, 3.8) is 0 Å². The molecule has 1 rings (SSSR count). The van der Waals surface area contributed by atoms with E-state index in [0.717, 1.165) is 12.8 Å². The first-order valence-corrected chi connectivity index (χ1v) is 9.25. The molecule has 0 saturated heterocycles. The summed E-state index contributed by atoms with van der Waals surface area (Å²) in [5, 5.41) is 2.07. The van der Waals surface area contributed by atoms with Gasteiger partial charge in [0, 0.05) is 5.54 Å². The molecule has 0 aliphatic carbocycles. The Morgan fingerprint density at radius 1 is 0.923 bits per heavy atom. The van der Waals surface area contributed by atoms with E-state index in [1.807, 2.05) is 13.8 Å². The Bertz CT molecular complexity index is 643. The van der Waals surface area contributed by atoms with E-state index in [-0.39, 0.29) is 22.2 Å². The van der Waals surface area contributed by atoms with Crippen LogP contribution < -0.4 is 5.32 Å². The Balaban J connectivity index is 3.03. The molecule has 3 nitrogen and oxygen atoms in total. The Hall–Kier alpha value is -1.58. The number of carbonyl (C=O) groups is 2. The minimum absolute atomic E-state index is 0.00763. The molecular weight excluding hydrogens is 321 g/mol. The molecule has 26 heavy (non-hydrogen) atoms. The van der Waals surface area contributed by atoms with Gasteiger partial charge in [0.05, 0.1) is 7.85 Å². The maximum atomic E-state index is 11.8. The third-order valence-corrected chi connectivity index (χ3v) is 5.39. The molecule has 0 spiro atoms. The molecule has 4 heteroatoms. The van der Waals surface area contributed by atoms with E-state index in [2.05, 4.69) is 57.3 Å². The summed E-state index contributed by atoms with van der Waals surface area (Å²) in [7, 11) is 6.20. The zero-order valence-corrected chi connectivity index (χ0v) is 17.7. The molecule has 1 N–H and O–H groups in total. The molecule has 1 amide bonds. The van der Waals surface area contributed by atoms with Gasteiger partial charge < -0.3 is 10.1 Å². The van der Waals surface area contributed by atoms with Crippen molar-refractivity contribution in [2.24, 2.45) is 0 Å². The summed E-state index contributed by atoms with van der Waals surface area (Å²) < 4.78 is 0. The van der Waals surface area contributed by atoms with Gasteiger partial charge in [0.1, 0.15) is 5.78 Å². The predicted octanol–water partition coefficient (Wildman–Crippen LogP) is 4.48. The van der Waals surface area contributed by atoms with E-state index in [1.165, 1.54) is 11.1 Å². The fourth-order valence-corrected chi connectivity index (χ4v) is 3.93. The standard InChI is InChI=1S/C22H34BNO2/c1-16(26)22(8,23)14-20(4,5)18-11-9-17(10-12-18)19(2,3)13-21(6,7)24-15-25/h9-12,15H,13-14H2,1-8H3,(H,24,25). The van der Waals surface area contributed by atoms with E-state index < -0.39 is 5.31 Å². The van der Waals surface area contributed by atoms with Crippen LogP contribution in [0.4, 0.5) is 0 Å². The molecule has 0 aliphatic heterocycles. The van der Waals surface area contributed by atoms with Crippen LogP contribution in [-0.2, 0) is 20.4 Å².